The summed E-state index contributed by atoms with van der Waals surface area (Å²) >= 11 is 0. The predicted octanol–water partition coefficient (Wildman–Crippen LogP) is 2.43. The molecule has 1 aromatic rings. The molecule has 1 rings (SSSR count). The highest BCUT2D eigenvalue weighted by Crippen LogP contribution is 2.17. The average Bonchev–Trinajstić information content (AvgIpc) is 2.45. The van der Waals surface area contributed by atoms with Gasteiger partial charge in [0.2, 0.25) is 0 Å². The molecule has 0 heterocycles. The fourth-order valence-corrected chi connectivity index (χ4v) is 1.94. The Bertz CT molecular complexity index is 417. The van der Waals surface area contributed by atoms with Gasteiger partial charge in [-0.1, -0.05) is 13.8 Å². The second-order valence-electron chi connectivity index (χ2n) is 5.17. The molecular weight excluding hydrogens is 254 g/mol. The van der Waals surface area contributed by atoms with E-state index in [4.69, 9.17) is 0 Å². The number of rotatable bonds is 6. The van der Waals surface area contributed by atoms with Crippen molar-refractivity contribution in [1.82, 2.24) is 5.32 Å². The Morgan fingerprint density at radius 3 is 2.15 bits per heavy atom. The molecule has 112 valence electrons. The average molecular weight is 279 g/mol. The van der Waals surface area contributed by atoms with Crippen LogP contribution in [0.5, 0.6) is 0 Å². The van der Waals surface area contributed by atoms with E-state index in [0.717, 1.165) is 11.4 Å². The van der Waals surface area contributed by atoms with Gasteiger partial charge in [0.05, 0.1) is 12.1 Å². The lowest BCUT2D eigenvalue weighted by Crippen LogP contribution is -2.51. The van der Waals surface area contributed by atoms with Gasteiger partial charge in [-0.25, -0.2) is 4.79 Å². The molecule has 5 heteroatoms. The van der Waals surface area contributed by atoms with Crippen LogP contribution in [0.25, 0.3) is 0 Å². The second-order valence-corrected chi connectivity index (χ2v) is 5.17. The molecule has 0 fully saturated rings. The van der Waals surface area contributed by atoms with Crippen molar-refractivity contribution >= 4 is 17.4 Å². The van der Waals surface area contributed by atoms with Crippen LogP contribution in [0.15, 0.2) is 24.3 Å². The number of aliphatic hydroxyl groups excluding tert-OH is 1. The van der Waals surface area contributed by atoms with Gasteiger partial charge >= 0.3 is 6.03 Å². The maximum Gasteiger partial charge on any atom is 0.319 e. The molecule has 0 unspecified atom stereocenters. The van der Waals surface area contributed by atoms with E-state index in [0.29, 0.717) is 12.8 Å². The third-order valence-corrected chi connectivity index (χ3v) is 3.68. The Hall–Kier alpha value is -1.75. The maximum absolute atomic E-state index is 12.0. The number of anilines is 2. The smallest absolute Gasteiger partial charge is 0.319 e. The molecule has 0 saturated heterocycles. The number of hydrogen-bond donors (Lipinski definition) is 3. The monoisotopic (exact) mass is 279 g/mol. The highest BCUT2D eigenvalue weighted by atomic mass is 16.3. The van der Waals surface area contributed by atoms with Crippen molar-refractivity contribution in [2.75, 3.05) is 30.9 Å². The van der Waals surface area contributed by atoms with Gasteiger partial charge in [-0.2, -0.15) is 0 Å². The molecule has 0 radical (unpaired) electrons. The van der Waals surface area contributed by atoms with Gasteiger partial charge in [0.1, 0.15) is 0 Å². The van der Waals surface area contributed by atoms with Gasteiger partial charge in [0.15, 0.2) is 0 Å². The zero-order valence-electron chi connectivity index (χ0n) is 12.7. The number of aliphatic hydroxyl groups is 1. The Morgan fingerprint density at radius 2 is 1.75 bits per heavy atom. The van der Waals surface area contributed by atoms with E-state index in [1.165, 1.54) is 0 Å². The summed E-state index contributed by atoms with van der Waals surface area (Å²) in [6.45, 7) is 3.84. The van der Waals surface area contributed by atoms with Crippen LogP contribution < -0.4 is 15.5 Å². The molecule has 0 spiro atoms. The predicted molar refractivity (Wildman–Crippen MR) is 83.3 cm³/mol. The number of carbonyl (C=O) groups excluding carboxylic acids is 1. The molecule has 5 nitrogen and oxygen atoms in total. The van der Waals surface area contributed by atoms with Gasteiger partial charge in [-0.15, -0.1) is 0 Å². The van der Waals surface area contributed by atoms with Crippen LogP contribution in [0.1, 0.15) is 26.7 Å². The summed E-state index contributed by atoms with van der Waals surface area (Å²) in [5, 5.41) is 15.1. The van der Waals surface area contributed by atoms with Crippen molar-refractivity contribution in [3.8, 4) is 0 Å². The quantitative estimate of drug-likeness (QED) is 0.749. The van der Waals surface area contributed by atoms with Crippen molar-refractivity contribution in [3.05, 3.63) is 24.3 Å². The first-order valence-corrected chi connectivity index (χ1v) is 6.93. The lowest BCUT2D eigenvalue weighted by atomic mass is 9.94. The first-order chi connectivity index (χ1) is 9.46. The number of hydrogen-bond acceptors (Lipinski definition) is 3. The fraction of sp³-hybridized carbons (Fsp3) is 0.533. The summed E-state index contributed by atoms with van der Waals surface area (Å²) in [6, 6.07) is 7.30. The normalized spacial score (nSPS) is 11.1. The molecule has 0 aliphatic rings. The number of amides is 2. The molecule has 20 heavy (non-hydrogen) atoms. The van der Waals surface area contributed by atoms with Crippen LogP contribution >= 0.6 is 0 Å². The minimum absolute atomic E-state index is 0.0625. The molecule has 0 aliphatic carbocycles. The van der Waals surface area contributed by atoms with Crippen LogP contribution in [-0.2, 0) is 0 Å². The number of nitrogens with one attached hydrogen (secondary N) is 2. The molecular formula is C15H25N3O2. The van der Waals surface area contributed by atoms with E-state index in [-0.39, 0.29) is 12.6 Å². The molecule has 0 aromatic heterocycles. The first kappa shape index (κ1) is 16.3. The number of nitrogens with zero attached hydrogens (tertiary/aromatic N) is 1. The maximum atomic E-state index is 12.0. The Labute approximate surface area is 121 Å². The largest absolute Gasteiger partial charge is 0.394 e. The molecule has 3 N–H and O–H groups in total. The van der Waals surface area contributed by atoms with E-state index in [1.54, 1.807) is 0 Å². The molecule has 2 amide bonds. The highest BCUT2D eigenvalue weighted by Gasteiger charge is 2.27. The number of urea groups is 1. The third-order valence-electron chi connectivity index (χ3n) is 3.68. The minimum Gasteiger partial charge on any atom is -0.394 e. The summed E-state index contributed by atoms with van der Waals surface area (Å²) < 4.78 is 0. The second kappa shape index (κ2) is 7.14. The van der Waals surface area contributed by atoms with Gasteiger partial charge < -0.3 is 20.6 Å². The first-order valence-electron chi connectivity index (χ1n) is 6.93. The summed E-state index contributed by atoms with van der Waals surface area (Å²) in [6.07, 6.45) is 1.37. The van der Waals surface area contributed by atoms with E-state index in [2.05, 4.69) is 10.6 Å². The minimum atomic E-state index is -0.548. The van der Waals surface area contributed by atoms with Crippen molar-refractivity contribution in [2.45, 2.75) is 32.2 Å². The van der Waals surface area contributed by atoms with Gasteiger partial charge in [0, 0.05) is 25.5 Å². The molecule has 0 aliphatic heterocycles. The van der Waals surface area contributed by atoms with Crippen LogP contribution in [0, 0.1) is 0 Å². The van der Waals surface area contributed by atoms with Crippen LogP contribution in [0.4, 0.5) is 16.2 Å². The zero-order valence-corrected chi connectivity index (χ0v) is 12.7. The zero-order chi connectivity index (χ0) is 15.2. The SMILES string of the molecule is CCC(CC)(CO)NC(=O)Nc1ccc(N(C)C)cc1. The van der Waals surface area contributed by atoms with Gasteiger partial charge in [-0.05, 0) is 37.1 Å². The standard InChI is InChI=1S/C15H25N3O2/c1-5-15(6-2,11-19)17-14(20)16-12-7-9-13(10-8-12)18(3)4/h7-10,19H,5-6,11H2,1-4H3,(H2,16,17,20). The summed E-state index contributed by atoms with van der Waals surface area (Å²) in [4.78, 5) is 14.0. The van der Waals surface area contributed by atoms with Crippen molar-refractivity contribution in [1.29, 1.82) is 0 Å². The number of carbonyl (C=O) groups is 1. The van der Waals surface area contributed by atoms with Crippen molar-refractivity contribution in [3.63, 3.8) is 0 Å². The fourth-order valence-electron chi connectivity index (χ4n) is 1.94. The summed E-state index contributed by atoms with van der Waals surface area (Å²) in [5.41, 5.74) is 1.25. The van der Waals surface area contributed by atoms with E-state index >= 15 is 0 Å². The van der Waals surface area contributed by atoms with Crippen LogP contribution in [0.2, 0.25) is 0 Å². The Morgan fingerprint density at radius 1 is 1.20 bits per heavy atom. The van der Waals surface area contributed by atoms with E-state index < -0.39 is 5.54 Å². The molecule has 0 bridgehead atoms. The highest BCUT2D eigenvalue weighted by molar-refractivity contribution is 5.90. The molecule has 0 saturated carbocycles. The van der Waals surface area contributed by atoms with E-state index in [9.17, 15) is 9.90 Å². The third kappa shape index (κ3) is 4.13. The van der Waals surface area contributed by atoms with Crippen molar-refractivity contribution in [2.24, 2.45) is 0 Å². The van der Waals surface area contributed by atoms with Crippen molar-refractivity contribution < 1.29 is 9.90 Å². The molecule has 0 atom stereocenters. The van der Waals surface area contributed by atoms with E-state index in [1.807, 2.05) is 57.1 Å². The Balaban J connectivity index is 2.66. The van der Waals surface area contributed by atoms with Crippen LogP contribution in [0.3, 0.4) is 0 Å². The lowest BCUT2D eigenvalue weighted by molar-refractivity contribution is 0.155. The number of benzene rings is 1. The van der Waals surface area contributed by atoms with Gasteiger partial charge in [0.25, 0.3) is 0 Å². The Kier molecular flexibility index (Phi) is 5.82. The topological polar surface area (TPSA) is 64.6 Å². The summed E-state index contributed by atoms with van der Waals surface area (Å²) in [5.74, 6) is 0. The summed E-state index contributed by atoms with van der Waals surface area (Å²) in [7, 11) is 3.93. The molecule has 1 aromatic carbocycles. The van der Waals surface area contributed by atoms with Crippen LogP contribution in [-0.4, -0.2) is 37.4 Å². The van der Waals surface area contributed by atoms with Gasteiger partial charge in [-0.3, -0.25) is 0 Å². The lowest BCUT2D eigenvalue weighted by Gasteiger charge is -2.30.